The van der Waals surface area contributed by atoms with Crippen LogP contribution in [0.3, 0.4) is 0 Å². The SMILES string of the molecule is CC(C)(C)OC(=O)N(C(=O)OC(C)(C)C)c1ncnc2c1ncn2CC(=O)N(CCNC(=O)OCC1c2ccccc2-c2ccccc21)CC(=O)OCc1ccccc1. The number of carbonyl (C=O) groups is 5. The number of nitrogens with zero attached hydrogens (tertiary/aromatic N) is 6. The molecule has 1 N–H and O–H groups in total. The maximum absolute atomic E-state index is 13.9. The predicted octanol–water partition coefficient (Wildman–Crippen LogP) is 6.61. The molecule has 16 heteroatoms. The highest BCUT2D eigenvalue weighted by Crippen LogP contribution is 2.44. The third-order valence-corrected chi connectivity index (χ3v) is 8.96. The molecule has 0 radical (unpaired) electrons. The summed E-state index contributed by atoms with van der Waals surface area (Å²) in [6.45, 7) is 9.02. The molecular weight excluding hydrogens is 759 g/mol. The van der Waals surface area contributed by atoms with Crippen LogP contribution in [0.25, 0.3) is 22.3 Å². The first kappa shape index (κ1) is 41.8. The zero-order chi connectivity index (χ0) is 42.3. The van der Waals surface area contributed by atoms with E-state index in [1.165, 1.54) is 15.8 Å². The van der Waals surface area contributed by atoms with Crippen molar-refractivity contribution < 1.29 is 42.9 Å². The first-order valence-corrected chi connectivity index (χ1v) is 19.1. The van der Waals surface area contributed by atoms with Crippen molar-refractivity contribution >= 4 is 47.1 Å². The van der Waals surface area contributed by atoms with Crippen molar-refractivity contribution in [2.24, 2.45) is 0 Å². The smallest absolute Gasteiger partial charge is 0.425 e. The van der Waals surface area contributed by atoms with Gasteiger partial charge in [0.2, 0.25) is 5.91 Å². The zero-order valence-electron chi connectivity index (χ0n) is 33.8. The van der Waals surface area contributed by atoms with Gasteiger partial charge in [-0.05, 0) is 69.4 Å². The van der Waals surface area contributed by atoms with Crippen LogP contribution in [0.15, 0.2) is 91.5 Å². The van der Waals surface area contributed by atoms with Gasteiger partial charge in [-0.25, -0.2) is 29.3 Å². The lowest BCUT2D eigenvalue weighted by Gasteiger charge is -2.28. The predicted molar refractivity (Wildman–Crippen MR) is 216 cm³/mol. The molecule has 3 aromatic carbocycles. The summed E-state index contributed by atoms with van der Waals surface area (Å²) in [5.41, 5.74) is 3.26. The van der Waals surface area contributed by atoms with Crippen molar-refractivity contribution in [2.45, 2.75) is 71.8 Å². The van der Waals surface area contributed by atoms with E-state index < -0.39 is 47.9 Å². The molecule has 1 aliphatic rings. The number of anilines is 1. The number of hydrogen-bond donors (Lipinski definition) is 1. The molecule has 0 fully saturated rings. The highest BCUT2D eigenvalue weighted by atomic mass is 16.6. The average Bonchev–Trinajstić information content (AvgIpc) is 3.74. The fourth-order valence-electron chi connectivity index (χ4n) is 6.43. The van der Waals surface area contributed by atoms with Gasteiger partial charge in [0, 0.05) is 19.0 Å². The van der Waals surface area contributed by atoms with Crippen molar-refractivity contribution in [3.63, 3.8) is 0 Å². The van der Waals surface area contributed by atoms with Crippen LogP contribution in [-0.2, 0) is 41.7 Å². The van der Waals surface area contributed by atoms with Gasteiger partial charge in [-0.15, -0.1) is 0 Å². The minimum Gasteiger partial charge on any atom is -0.459 e. The van der Waals surface area contributed by atoms with E-state index in [-0.39, 0.29) is 55.7 Å². The molecule has 6 rings (SSSR count). The number of esters is 1. The van der Waals surface area contributed by atoms with Crippen LogP contribution in [0, 0.1) is 0 Å². The quantitative estimate of drug-likeness (QED) is 0.105. The van der Waals surface area contributed by atoms with Crippen LogP contribution < -0.4 is 10.2 Å². The summed E-state index contributed by atoms with van der Waals surface area (Å²) in [5, 5.41) is 2.69. The highest BCUT2D eigenvalue weighted by Gasteiger charge is 2.36. The number of fused-ring (bicyclic) bond motifs is 4. The van der Waals surface area contributed by atoms with Crippen LogP contribution in [-0.4, -0.2) is 92.0 Å². The summed E-state index contributed by atoms with van der Waals surface area (Å²) >= 11 is 0. The Kier molecular flexibility index (Phi) is 12.6. The van der Waals surface area contributed by atoms with Crippen molar-refractivity contribution in [2.75, 3.05) is 31.1 Å². The van der Waals surface area contributed by atoms with E-state index >= 15 is 0 Å². The topological polar surface area (TPSA) is 184 Å². The van der Waals surface area contributed by atoms with E-state index in [4.69, 9.17) is 18.9 Å². The first-order chi connectivity index (χ1) is 28.1. The monoisotopic (exact) mass is 805 g/mol. The second kappa shape index (κ2) is 17.7. The number of benzene rings is 3. The van der Waals surface area contributed by atoms with E-state index in [0.29, 0.717) is 4.90 Å². The molecule has 4 amide bonds. The summed E-state index contributed by atoms with van der Waals surface area (Å²) in [6, 6.07) is 25.1. The zero-order valence-corrected chi connectivity index (χ0v) is 33.8. The Morgan fingerprint density at radius 2 is 1.34 bits per heavy atom. The molecule has 0 spiro atoms. The van der Waals surface area contributed by atoms with Gasteiger partial charge in [0.15, 0.2) is 17.0 Å². The molecule has 0 bridgehead atoms. The second-order valence-electron chi connectivity index (χ2n) is 15.8. The Balaban J connectivity index is 1.16. The molecule has 0 aliphatic heterocycles. The highest BCUT2D eigenvalue weighted by molar-refractivity contribution is 6.12. The van der Waals surface area contributed by atoms with Crippen molar-refractivity contribution in [3.05, 3.63) is 108 Å². The van der Waals surface area contributed by atoms with Gasteiger partial charge in [0.05, 0.1) is 6.33 Å². The summed E-state index contributed by atoms with van der Waals surface area (Å²) in [7, 11) is 0. The van der Waals surface area contributed by atoms with Crippen molar-refractivity contribution in [1.82, 2.24) is 29.7 Å². The van der Waals surface area contributed by atoms with Crippen molar-refractivity contribution in [1.29, 1.82) is 0 Å². The lowest BCUT2D eigenvalue weighted by Crippen LogP contribution is -2.44. The van der Waals surface area contributed by atoms with Crippen LogP contribution in [0.1, 0.15) is 64.2 Å². The average molecular weight is 806 g/mol. The van der Waals surface area contributed by atoms with Crippen LogP contribution >= 0.6 is 0 Å². The molecule has 1 aliphatic carbocycles. The minimum atomic E-state index is -1.05. The van der Waals surface area contributed by atoms with Gasteiger partial charge < -0.3 is 33.7 Å². The van der Waals surface area contributed by atoms with E-state index in [0.717, 1.165) is 34.1 Å². The van der Waals surface area contributed by atoms with Gasteiger partial charge >= 0.3 is 24.2 Å². The standard InChI is InChI=1S/C43H47N7O9/c1-42(2,3)58-40(54)50(41(55)59-43(4,5)6)38-36-37(45-26-46-38)49(27-47-36)22-34(51)48(23-35(52)56-24-28-14-8-7-9-15-28)21-20-44-39(53)57-25-33-31-18-12-10-16-29(31)30-17-11-13-19-32(30)33/h7-19,26-27,33H,20-25H2,1-6H3,(H,44,53). The number of imidazole rings is 1. The van der Waals surface area contributed by atoms with Gasteiger partial charge in [-0.1, -0.05) is 78.9 Å². The lowest BCUT2D eigenvalue weighted by molar-refractivity contribution is -0.150. The van der Waals surface area contributed by atoms with Gasteiger partial charge in [0.1, 0.15) is 43.8 Å². The van der Waals surface area contributed by atoms with Gasteiger partial charge in [-0.3, -0.25) is 9.59 Å². The fraction of sp³-hybridized carbons (Fsp3) is 0.349. The van der Waals surface area contributed by atoms with E-state index in [2.05, 4.69) is 20.3 Å². The van der Waals surface area contributed by atoms with Crippen LogP contribution in [0.4, 0.5) is 20.2 Å². The number of imide groups is 1. The molecule has 59 heavy (non-hydrogen) atoms. The number of hydrogen-bond acceptors (Lipinski definition) is 12. The molecule has 2 heterocycles. The number of amides is 4. The van der Waals surface area contributed by atoms with E-state index in [1.807, 2.05) is 78.9 Å². The summed E-state index contributed by atoms with van der Waals surface area (Å²) in [5.74, 6) is -1.58. The molecule has 5 aromatic rings. The van der Waals surface area contributed by atoms with E-state index in [1.54, 1.807) is 41.5 Å². The molecule has 308 valence electrons. The summed E-state index contributed by atoms with van der Waals surface area (Å²) < 4.78 is 23.5. The van der Waals surface area contributed by atoms with Crippen molar-refractivity contribution in [3.8, 4) is 11.1 Å². The Labute approximate surface area is 341 Å². The van der Waals surface area contributed by atoms with Gasteiger partial charge in [0.25, 0.3) is 0 Å². The molecule has 0 saturated carbocycles. The minimum absolute atomic E-state index is 0.00256. The Morgan fingerprint density at radius 1 is 0.746 bits per heavy atom. The summed E-state index contributed by atoms with van der Waals surface area (Å²) in [6.07, 6.45) is -0.388. The molecule has 0 unspecified atom stereocenters. The lowest BCUT2D eigenvalue weighted by atomic mass is 9.98. The maximum atomic E-state index is 13.9. The number of nitrogens with one attached hydrogen (secondary N) is 1. The third kappa shape index (κ3) is 10.6. The number of aromatic nitrogens is 4. The molecule has 0 saturated heterocycles. The molecule has 16 nitrogen and oxygen atoms in total. The Morgan fingerprint density at radius 3 is 1.95 bits per heavy atom. The number of ether oxygens (including phenoxy) is 4. The maximum Gasteiger partial charge on any atom is 0.425 e. The largest absolute Gasteiger partial charge is 0.459 e. The number of alkyl carbamates (subject to hydrolysis) is 1. The normalized spacial score (nSPS) is 12.2. The molecular formula is C43H47N7O9. The fourth-order valence-corrected chi connectivity index (χ4v) is 6.43. The molecule has 2 aromatic heterocycles. The third-order valence-electron chi connectivity index (χ3n) is 8.96. The molecule has 0 atom stereocenters. The first-order valence-electron chi connectivity index (χ1n) is 19.1. The van der Waals surface area contributed by atoms with E-state index in [9.17, 15) is 24.0 Å². The second-order valence-corrected chi connectivity index (χ2v) is 15.8. The Bertz CT molecular complexity index is 2260. The van der Waals surface area contributed by atoms with Crippen LogP contribution in [0.5, 0.6) is 0 Å². The number of rotatable bonds is 12. The Hall–Kier alpha value is -6.84. The number of carbonyl (C=O) groups excluding carboxylic acids is 5. The van der Waals surface area contributed by atoms with Gasteiger partial charge in [-0.2, -0.15) is 4.90 Å². The summed E-state index contributed by atoms with van der Waals surface area (Å²) in [4.78, 5) is 81.4. The van der Waals surface area contributed by atoms with Crippen LogP contribution in [0.2, 0.25) is 0 Å².